The lowest BCUT2D eigenvalue weighted by Gasteiger charge is -2.07. The number of aliphatic hydroxyl groups excluding tert-OH is 1. The van der Waals surface area contributed by atoms with Crippen molar-refractivity contribution in [2.75, 3.05) is 0 Å². The molecule has 3 nitrogen and oxygen atoms in total. The number of aliphatic hydroxyl groups is 1. The molecule has 1 rings (SSSR count). The van der Waals surface area contributed by atoms with Crippen LogP contribution < -0.4 is 0 Å². The molecule has 0 amide bonds. The lowest BCUT2D eigenvalue weighted by Crippen LogP contribution is -2.04. The second kappa shape index (κ2) is 17.5. The van der Waals surface area contributed by atoms with Crippen LogP contribution in [0.2, 0.25) is 0 Å². The number of carbonyl (C=O) groups is 1. The van der Waals surface area contributed by atoms with E-state index in [9.17, 15) is 9.90 Å². The highest BCUT2D eigenvalue weighted by molar-refractivity contribution is 5.69. The first kappa shape index (κ1) is 24.4. The van der Waals surface area contributed by atoms with Crippen LogP contribution in [0, 0.1) is 0 Å². The molecule has 0 spiro atoms. The van der Waals surface area contributed by atoms with Crippen LogP contribution in [-0.4, -0.2) is 17.2 Å². The molecule has 0 saturated heterocycles. The monoisotopic (exact) mass is 388 g/mol. The van der Waals surface area contributed by atoms with Crippen LogP contribution in [0.3, 0.4) is 0 Å². The molecule has 158 valence electrons. The molecule has 3 heteroatoms. The van der Waals surface area contributed by atoms with E-state index in [0.717, 1.165) is 44.1 Å². The predicted octanol–water partition coefficient (Wildman–Crippen LogP) is 6.74. The number of esters is 1. The largest absolute Gasteiger partial charge is 0.461 e. The van der Waals surface area contributed by atoms with Crippen LogP contribution in [0.5, 0.6) is 0 Å². The highest BCUT2D eigenvalue weighted by Gasteiger charge is 2.03. The maximum absolute atomic E-state index is 11.7. The van der Waals surface area contributed by atoms with Crippen molar-refractivity contribution in [1.29, 1.82) is 0 Å². The van der Waals surface area contributed by atoms with Gasteiger partial charge < -0.3 is 9.84 Å². The fraction of sp³-hybridized carbons (Fsp3) is 0.640. The van der Waals surface area contributed by atoms with Crippen LogP contribution >= 0.6 is 0 Å². The van der Waals surface area contributed by atoms with Crippen molar-refractivity contribution in [1.82, 2.24) is 0 Å². The van der Waals surface area contributed by atoms with Gasteiger partial charge in [-0.2, -0.15) is 0 Å². The summed E-state index contributed by atoms with van der Waals surface area (Å²) in [6.45, 7) is 2.58. The lowest BCUT2D eigenvalue weighted by atomic mass is 10.1. The number of hydrogen-bond acceptors (Lipinski definition) is 3. The number of ether oxygens (including phenoxy) is 1. The van der Waals surface area contributed by atoms with Gasteiger partial charge in [0, 0.05) is 6.42 Å². The van der Waals surface area contributed by atoms with Gasteiger partial charge in [-0.1, -0.05) is 94.4 Å². The molecular weight excluding hydrogens is 348 g/mol. The average Bonchev–Trinajstić information content (AvgIpc) is 2.72. The van der Waals surface area contributed by atoms with Gasteiger partial charge in [-0.05, 0) is 37.7 Å². The Morgan fingerprint density at radius 3 is 2.46 bits per heavy atom. The number of rotatable bonds is 17. The molecule has 1 atom stereocenters. The Balaban J connectivity index is 1.87. The Morgan fingerprint density at radius 2 is 1.68 bits per heavy atom. The molecule has 1 aromatic carbocycles. The fourth-order valence-corrected chi connectivity index (χ4v) is 3.17. The fourth-order valence-electron chi connectivity index (χ4n) is 3.17. The minimum atomic E-state index is -0.172. The summed E-state index contributed by atoms with van der Waals surface area (Å²) in [5.41, 5.74) is 1.04. The summed E-state index contributed by atoms with van der Waals surface area (Å²) in [5, 5.41) is 9.91. The molecule has 0 bridgehead atoms. The molecule has 0 radical (unpaired) electrons. The molecule has 0 heterocycles. The molecule has 1 aromatic rings. The molecule has 0 aliphatic carbocycles. The highest BCUT2D eigenvalue weighted by atomic mass is 16.5. The van der Waals surface area contributed by atoms with Crippen molar-refractivity contribution in [2.45, 2.75) is 103 Å². The maximum atomic E-state index is 11.7. The summed E-state index contributed by atoms with van der Waals surface area (Å²) in [4.78, 5) is 11.7. The molecular formula is C25H40O3. The van der Waals surface area contributed by atoms with E-state index in [1.807, 2.05) is 30.3 Å². The second-order valence-corrected chi connectivity index (χ2v) is 7.66. The topological polar surface area (TPSA) is 46.5 Å². The average molecular weight is 389 g/mol. The molecule has 0 aliphatic rings. The van der Waals surface area contributed by atoms with E-state index in [1.54, 1.807) is 0 Å². The van der Waals surface area contributed by atoms with Gasteiger partial charge in [0.05, 0.1) is 6.10 Å². The summed E-state index contributed by atoms with van der Waals surface area (Å²) in [6, 6.07) is 9.80. The molecule has 1 N–H and O–H groups in total. The first-order chi connectivity index (χ1) is 13.7. The van der Waals surface area contributed by atoms with E-state index in [4.69, 9.17) is 4.74 Å². The maximum Gasteiger partial charge on any atom is 0.306 e. The molecule has 0 aromatic heterocycles. The Hall–Kier alpha value is -1.61. The first-order valence-electron chi connectivity index (χ1n) is 11.2. The Kier molecular flexibility index (Phi) is 15.3. The van der Waals surface area contributed by atoms with Gasteiger partial charge >= 0.3 is 5.97 Å². The van der Waals surface area contributed by atoms with Crippen LogP contribution in [0.25, 0.3) is 0 Å². The Labute approximate surface area is 172 Å². The molecule has 28 heavy (non-hydrogen) atoms. The van der Waals surface area contributed by atoms with Crippen LogP contribution in [0.15, 0.2) is 42.5 Å². The van der Waals surface area contributed by atoms with Gasteiger partial charge in [0.15, 0.2) is 0 Å². The number of carbonyl (C=O) groups excluding carboxylic acids is 1. The van der Waals surface area contributed by atoms with Gasteiger partial charge in [0.25, 0.3) is 0 Å². The Bertz CT molecular complexity index is 510. The zero-order chi connectivity index (χ0) is 20.3. The van der Waals surface area contributed by atoms with E-state index in [0.29, 0.717) is 13.0 Å². The molecule has 0 fully saturated rings. The van der Waals surface area contributed by atoms with E-state index in [1.165, 1.54) is 38.5 Å². The van der Waals surface area contributed by atoms with E-state index in [-0.39, 0.29) is 12.1 Å². The van der Waals surface area contributed by atoms with Crippen LogP contribution in [-0.2, 0) is 16.1 Å². The van der Waals surface area contributed by atoms with Gasteiger partial charge in [0.2, 0.25) is 0 Å². The second-order valence-electron chi connectivity index (χ2n) is 7.66. The SMILES string of the molecule is CCCCCC[C@@H](O)CC=CCCCCCCCC(=O)OCc1ccccc1. The third-order valence-electron chi connectivity index (χ3n) is 4.96. The predicted molar refractivity (Wildman–Crippen MR) is 117 cm³/mol. The molecule has 0 saturated carbocycles. The van der Waals surface area contributed by atoms with Crippen molar-refractivity contribution in [2.24, 2.45) is 0 Å². The van der Waals surface area contributed by atoms with Gasteiger partial charge in [0.1, 0.15) is 6.61 Å². The zero-order valence-electron chi connectivity index (χ0n) is 17.8. The minimum absolute atomic E-state index is 0.0972. The number of hydrogen-bond donors (Lipinski definition) is 1. The summed E-state index contributed by atoms with van der Waals surface area (Å²) < 4.78 is 5.29. The van der Waals surface area contributed by atoms with Gasteiger partial charge in [-0.3, -0.25) is 4.79 Å². The number of allylic oxidation sites excluding steroid dienone is 1. The summed E-state index contributed by atoms with van der Waals surface area (Å²) in [5.74, 6) is -0.0972. The first-order valence-corrected chi connectivity index (χ1v) is 11.2. The quantitative estimate of drug-likeness (QED) is 0.183. The standard InChI is InChI=1S/C25H40O3/c1-2-3-4-14-19-24(26)20-15-9-7-5-6-8-10-16-21-25(27)28-22-23-17-12-11-13-18-23/h9,11-13,15,17-18,24,26H,2-8,10,14,16,19-22H2,1H3/t24-/m1/s1. The number of unbranched alkanes of at least 4 members (excludes halogenated alkanes) is 8. The zero-order valence-corrected chi connectivity index (χ0v) is 17.8. The van der Waals surface area contributed by atoms with Gasteiger partial charge in [-0.25, -0.2) is 0 Å². The summed E-state index contributed by atoms with van der Waals surface area (Å²) in [7, 11) is 0. The van der Waals surface area contributed by atoms with E-state index >= 15 is 0 Å². The van der Waals surface area contributed by atoms with Crippen molar-refractivity contribution in [3.63, 3.8) is 0 Å². The smallest absolute Gasteiger partial charge is 0.306 e. The third kappa shape index (κ3) is 14.4. The lowest BCUT2D eigenvalue weighted by molar-refractivity contribution is -0.145. The van der Waals surface area contributed by atoms with Crippen molar-refractivity contribution < 1.29 is 14.6 Å². The van der Waals surface area contributed by atoms with Crippen molar-refractivity contribution in [3.8, 4) is 0 Å². The van der Waals surface area contributed by atoms with Gasteiger partial charge in [-0.15, -0.1) is 0 Å². The third-order valence-corrected chi connectivity index (χ3v) is 4.96. The normalized spacial score (nSPS) is 12.4. The van der Waals surface area contributed by atoms with E-state index < -0.39 is 0 Å². The van der Waals surface area contributed by atoms with Crippen molar-refractivity contribution >= 4 is 5.97 Å². The summed E-state index contributed by atoms with van der Waals surface area (Å²) in [6.07, 6.45) is 17.9. The van der Waals surface area contributed by atoms with Crippen LogP contribution in [0.4, 0.5) is 0 Å². The highest BCUT2D eigenvalue weighted by Crippen LogP contribution is 2.11. The van der Waals surface area contributed by atoms with E-state index in [2.05, 4.69) is 19.1 Å². The summed E-state index contributed by atoms with van der Waals surface area (Å²) >= 11 is 0. The minimum Gasteiger partial charge on any atom is -0.461 e. The number of benzene rings is 1. The molecule has 0 aliphatic heterocycles. The van der Waals surface area contributed by atoms with Crippen LogP contribution in [0.1, 0.15) is 96.0 Å². The molecule has 0 unspecified atom stereocenters. The Morgan fingerprint density at radius 1 is 0.964 bits per heavy atom. The van der Waals surface area contributed by atoms with Crippen molar-refractivity contribution in [3.05, 3.63) is 48.0 Å².